The molecule has 1 aromatic carbocycles. The highest BCUT2D eigenvalue weighted by Crippen LogP contribution is 2.43. The van der Waals surface area contributed by atoms with Gasteiger partial charge in [-0.2, -0.15) is 0 Å². The molecule has 0 heterocycles. The van der Waals surface area contributed by atoms with Gasteiger partial charge in [-0.3, -0.25) is 0 Å². The normalized spacial score (nSPS) is 16.5. The Labute approximate surface area is 69.2 Å². The van der Waals surface area contributed by atoms with Crippen LogP contribution in [0.2, 0.25) is 0 Å². The second-order valence-electron chi connectivity index (χ2n) is 3.14. The van der Waals surface area contributed by atoms with E-state index >= 15 is 0 Å². The predicted octanol–water partition coefficient (Wildman–Crippen LogP) is 2.42. The molecule has 12 heavy (non-hydrogen) atoms. The van der Waals surface area contributed by atoms with Crippen LogP contribution in [0.25, 0.3) is 0 Å². The molecule has 0 saturated heterocycles. The summed E-state index contributed by atoms with van der Waals surface area (Å²) in [6.45, 7) is 0. The third-order valence-electron chi connectivity index (χ3n) is 2.14. The van der Waals surface area contributed by atoms with Crippen LogP contribution in [0.1, 0.15) is 24.3 Å². The molecule has 1 nitrogen and oxygen atoms in total. The number of hydrogen-bond acceptors (Lipinski definition) is 1. The SMILES string of the molecule is Nc1ccc(F)c(C2CC2)c1F. The van der Waals surface area contributed by atoms with E-state index in [1.54, 1.807) is 0 Å². The van der Waals surface area contributed by atoms with Crippen LogP contribution in [0.5, 0.6) is 0 Å². The lowest BCUT2D eigenvalue weighted by molar-refractivity contribution is 0.560. The van der Waals surface area contributed by atoms with E-state index in [9.17, 15) is 8.78 Å². The summed E-state index contributed by atoms with van der Waals surface area (Å²) in [5.41, 5.74) is 5.53. The molecule has 2 N–H and O–H groups in total. The Balaban J connectivity index is 2.55. The number of rotatable bonds is 1. The molecular weight excluding hydrogens is 160 g/mol. The van der Waals surface area contributed by atoms with E-state index in [0.717, 1.165) is 12.8 Å². The summed E-state index contributed by atoms with van der Waals surface area (Å²) in [7, 11) is 0. The molecule has 1 aliphatic carbocycles. The van der Waals surface area contributed by atoms with E-state index in [2.05, 4.69) is 0 Å². The molecule has 1 saturated carbocycles. The van der Waals surface area contributed by atoms with Crippen molar-refractivity contribution >= 4 is 5.69 Å². The summed E-state index contributed by atoms with van der Waals surface area (Å²) in [4.78, 5) is 0. The molecule has 0 aliphatic heterocycles. The van der Waals surface area contributed by atoms with Crippen LogP contribution in [0, 0.1) is 11.6 Å². The lowest BCUT2D eigenvalue weighted by Gasteiger charge is -2.04. The fraction of sp³-hybridized carbons (Fsp3) is 0.333. The molecule has 0 bridgehead atoms. The van der Waals surface area contributed by atoms with Gasteiger partial charge in [-0.25, -0.2) is 8.78 Å². The lowest BCUT2D eigenvalue weighted by atomic mass is 10.1. The second-order valence-corrected chi connectivity index (χ2v) is 3.14. The van der Waals surface area contributed by atoms with Crippen LogP contribution in [0.4, 0.5) is 14.5 Å². The summed E-state index contributed by atoms with van der Waals surface area (Å²) in [5, 5.41) is 0. The zero-order valence-corrected chi connectivity index (χ0v) is 6.48. The molecular formula is C9H9F2N. The number of halogens is 2. The third kappa shape index (κ3) is 1.05. The summed E-state index contributed by atoms with van der Waals surface area (Å²) < 4.78 is 26.2. The van der Waals surface area contributed by atoms with Gasteiger partial charge in [0.1, 0.15) is 5.82 Å². The molecule has 1 aliphatic rings. The monoisotopic (exact) mass is 169 g/mol. The van der Waals surface area contributed by atoms with Crippen molar-refractivity contribution in [3.63, 3.8) is 0 Å². The number of nitrogens with two attached hydrogens (primary N) is 1. The molecule has 64 valence electrons. The van der Waals surface area contributed by atoms with Crippen LogP contribution in [-0.2, 0) is 0 Å². The molecule has 0 aromatic heterocycles. The standard InChI is InChI=1S/C9H9F2N/c10-6-3-4-7(12)9(11)8(6)5-1-2-5/h3-5H,1-2,12H2. The molecule has 1 aromatic rings. The highest BCUT2D eigenvalue weighted by molar-refractivity contribution is 5.45. The van der Waals surface area contributed by atoms with Gasteiger partial charge < -0.3 is 5.73 Å². The Morgan fingerprint density at radius 1 is 1.25 bits per heavy atom. The van der Waals surface area contributed by atoms with E-state index in [4.69, 9.17) is 5.73 Å². The van der Waals surface area contributed by atoms with Crippen molar-refractivity contribution in [3.8, 4) is 0 Å². The fourth-order valence-corrected chi connectivity index (χ4v) is 1.33. The van der Waals surface area contributed by atoms with Crippen LogP contribution in [-0.4, -0.2) is 0 Å². The van der Waals surface area contributed by atoms with E-state index in [-0.39, 0.29) is 17.2 Å². The third-order valence-corrected chi connectivity index (χ3v) is 2.14. The number of nitrogen functional groups attached to an aromatic ring is 1. The zero-order chi connectivity index (χ0) is 8.72. The van der Waals surface area contributed by atoms with Gasteiger partial charge in [-0.05, 0) is 30.9 Å². The van der Waals surface area contributed by atoms with Gasteiger partial charge in [-0.15, -0.1) is 0 Å². The second kappa shape index (κ2) is 2.44. The molecule has 1 fully saturated rings. The van der Waals surface area contributed by atoms with Crippen molar-refractivity contribution in [2.24, 2.45) is 0 Å². The minimum Gasteiger partial charge on any atom is -0.396 e. The number of anilines is 1. The van der Waals surface area contributed by atoms with Crippen molar-refractivity contribution in [2.75, 3.05) is 5.73 Å². The Morgan fingerprint density at radius 3 is 2.50 bits per heavy atom. The average molecular weight is 169 g/mol. The largest absolute Gasteiger partial charge is 0.396 e. The highest BCUT2D eigenvalue weighted by Gasteiger charge is 2.30. The van der Waals surface area contributed by atoms with Gasteiger partial charge >= 0.3 is 0 Å². The first-order valence-corrected chi connectivity index (χ1v) is 3.93. The van der Waals surface area contributed by atoms with Gasteiger partial charge in [0, 0.05) is 5.56 Å². The van der Waals surface area contributed by atoms with Gasteiger partial charge in [-0.1, -0.05) is 0 Å². The van der Waals surface area contributed by atoms with Crippen LogP contribution in [0.3, 0.4) is 0 Å². The Kier molecular flexibility index (Phi) is 1.53. The Bertz CT molecular complexity index is 319. The van der Waals surface area contributed by atoms with Gasteiger partial charge in [0.15, 0.2) is 5.82 Å². The molecule has 0 amide bonds. The van der Waals surface area contributed by atoms with Gasteiger partial charge in [0.05, 0.1) is 5.69 Å². The molecule has 3 heteroatoms. The van der Waals surface area contributed by atoms with E-state index in [1.165, 1.54) is 12.1 Å². The van der Waals surface area contributed by atoms with Crippen molar-refractivity contribution < 1.29 is 8.78 Å². The van der Waals surface area contributed by atoms with Crippen molar-refractivity contribution in [2.45, 2.75) is 18.8 Å². The molecule has 0 spiro atoms. The maximum absolute atomic E-state index is 13.2. The van der Waals surface area contributed by atoms with Gasteiger partial charge in [0.2, 0.25) is 0 Å². The first kappa shape index (κ1) is 7.53. The first-order valence-electron chi connectivity index (χ1n) is 3.93. The molecule has 0 unspecified atom stereocenters. The number of benzene rings is 1. The van der Waals surface area contributed by atoms with Crippen LogP contribution < -0.4 is 5.73 Å². The first-order chi connectivity index (χ1) is 5.70. The highest BCUT2D eigenvalue weighted by atomic mass is 19.1. The minimum atomic E-state index is -0.572. The van der Waals surface area contributed by atoms with Gasteiger partial charge in [0.25, 0.3) is 0 Å². The maximum Gasteiger partial charge on any atom is 0.152 e. The summed E-state index contributed by atoms with van der Waals surface area (Å²) in [5.74, 6) is -0.977. The predicted molar refractivity (Wildman–Crippen MR) is 42.7 cm³/mol. The van der Waals surface area contributed by atoms with Crippen molar-refractivity contribution in [1.29, 1.82) is 0 Å². The minimum absolute atomic E-state index is 0.0401. The Hall–Kier alpha value is -1.12. The van der Waals surface area contributed by atoms with E-state index in [0.29, 0.717) is 0 Å². The lowest BCUT2D eigenvalue weighted by Crippen LogP contribution is -1.98. The molecule has 0 atom stereocenters. The van der Waals surface area contributed by atoms with Crippen LogP contribution >= 0.6 is 0 Å². The molecule has 0 radical (unpaired) electrons. The number of hydrogen-bond donors (Lipinski definition) is 1. The summed E-state index contributed by atoms with van der Waals surface area (Å²) in [6.07, 6.45) is 1.74. The summed E-state index contributed by atoms with van der Waals surface area (Å²) in [6, 6.07) is 2.49. The Morgan fingerprint density at radius 2 is 1.92 bits per heavy atom. The zero-order valence-electron chi connectivity index (χ0n) is 6.48. The van der Waals surface area contributed by atoms with E-state index in [1.807, 2.05) is 0 Å². The van der Waals surface area contributed by atoms with E-state index < -0.39 is 11.6 Å². The van der Waals surface area contributed by atoms with Crippen molar-refractivity contribution in [1.82, 2.24) is 0 Å². The molecule has 2 rings (SSSR count). The van der Waals surface area contributed by atoms with Crippen molar-refractivity contribution in [3.05, 3.63) is 29.3 Å². The fourth-order valence-electron chi connectivity index (χ4n) is 1.33. The topological polar surface area (TPSA) is 26.0 Å². The quantitative estimate of drug-likeness (QED) is 0.642. The van der Waals surface area contributed by atoms with Crippen LogP contribution in [0.15, 0.2) is 12.1 Å². The summed E-state index contributed by atoms with van der Waals surface area (Å²) >= 11 is 0. The average Bonchev–Trinajstić information content (AvgIpc) is 2.81. The smallest absolute Gasteiger partial charge is 0.152 e. The maximum atomic E-state index is 13.2.